The Morgan fingerprint density at radius 1 is 1.13 bits per heavy atom. The summed E-state index contributed by atoms with van der Waals surface area (Å²) in [4.78, 5) is 28.3. The molecule has 0 radical (unpaired) electrons. The van der Waals surface area contributed by atoms with E-state index >= 15 is 0 Å². The van der Waals surface area contributed by atoms with Crippen molar-refractivity contribution in [3.63, 3.8) is 0 Å². The predicted octanol–water partition coefficient (Wildman–Crippen LogP) is 3.01. The number of hydrogen-bond donors (Lipinski definition) is 2. The van der Waals surface area contributed by atoms with E-state index in [0.29, 0.717) is 25.7 Å². The molecule has 1 unspecified atom stereocenters. The number of ether oxygens (including phenoxy) is 3. The van der Waals surface area contributed by atoms with Gasteiger partial charge in [0.25, 0.3) is 5.91 Å². The van der Waals surface area contributed by atoms with E-state index in [0.717, 1.165) is 6.92 Å². The Balaban J connectivity index is 2.06. The van der Waals surface area contributed by atoms with Crippen molar-refractivity contribution in [1.29, 1.82) is 0 Å². The largest absolute Gasteiger partial charge is 0.456 e. The third-order valence-electron chi connectivity index (χ3n) is 7.24. The van der Waals surface area contributed by atoms with E-state index in [9.17, 15) is 28.0 Å². The lowest BCUT2D eigenvalue weighted by molar-refractivity contribution is -0.480. The fourth-order valence-corrected chi connectivity index (χ4v) is 5.70. The van der Waals surface area contributed by atoms with Crippen molar-refractivity contribution in [2.45, 2.75) is 83.3 Å². The molecule has 3 rings (SSSR count). The van der Waals surface area contributed by atoms with Gasteiger partial charge >= 0.3 is 12.1 Å². The van der Waals surface area contributed by atoms with Crippen LogP contribution in [0.5, 0.6) is 0 Å². The van der Waals surface area contributed by atoms with Gasteiger partial charge < -0.3 is 19.5 Å². The van der Waals surface area contributed by atoms with E-state index in [-0.39, 0.29) is 11.8 Å². The van der Waals surface area contributed by atoms with Crippen LogP contribution in [0.25, 0.3) is 0 Å². The zero-order valence-corrected chi connectivity index (χ0v) is 18.0. The first-order valence-corrected chi connectivity index (χ1v) is 10.6. The Morgan fingerprint density at radius 3 is 2.35 bits per heavy atom. The zero-order valence-electron chi connectivity index (χ0n) is 18.0. The number of rotatable bonds is 4. The number of carbonyl (C=O) groups excluding carboxylic acids is 2. The van der Waals surface area contributed by atoms with E-state index in [4.69, 9.17) is 14.4 Å². The average Bonchev–Trinajstić information content (AvgIpc) is 2.81. The summed E-state index contributed by atoms with van der Waals surface area (Å²) in [6, 6.07) is 0. The van der Waals surface area contributed by atoms with Gasteiger partial charge in [-0.2, -0.15) is 13.2 Å². The van der Waals surface area contributed by atoms with Gasteiger partial charge in [-0.25, -0.2) is 4.89 Å². The van der Waals surface area contributed by atoms with Crippen LogP contribution in [0, 0.1) is 23.7 Å². The van der Waals surface area contributed by atoms with Crippen molar-refractivity contribution >= 4 is 11.9 Å². The molecule has 2 aliphatic heterocycles. The fourth-order valence-electron chi connectivity index (χ4n) is 5.70. The molecule has 0 aromatic carbocycles. The van der Waals surface area contributed by atoms with Crippen LogP contribution in [-0.2, 0) is 28.7 Å². The summed E-state index contributed by atoms with van der Waals surface area (Å²) in [5, 5.41) is 12.0. The molecule has 0 bridgehead atoms. The second-order valence-electron chi connectivity index (χ2n) is 9.04. The molecule has 3 aliphatic rings. The van der Waals surface area contributed by atoms with E-state index in [1.54, 1.807) is 6.92 Å². The molecule has 178 valence electrons. The molecule has 1 saturated carbocycles. The highest BCUT2D eigenvalue weighted by molar-refractivity contribution is 5.80. The van der Waals surface area contributed by atoms with Gasteiger partial charge in [0.05, 0.1) is 6.10 Å². The van der Waals surface area contributed by atoms with Gasteiger partial charge in [-0.05, 0) is 44.4 Å². The lowest BCUT2D eigenvalue weighted by atomic mass is 9.56. The van der Waals surface area contributed by atoms with Crippen molar-refractivity contribution in [3.8, 4) is 0 Å². The molecule has 8 atom stereocenters. The first-order valence-electron chi connectivity index (χ1n) is 10.6. The van der Waals surface area contributed by atoms with Crippen LogP contribution in [0.3, 0.4) is 0 Å². The van der Waals surface area contributed by atoms with Gasteiger partial charge in [-0.1, -0.05) is 13.8 Å². The molecule has 2 N–H and O–H groups in total. The van der Waals surface area contributed by atoms with E-state index in [1.165, 1.54) is 6.92 Å². The standard InChI is InChI=1S/C20H30F3NO7/c1-10-5-7-15-12(3)19(20(21,22)23,24-16(26)9-28-13(4)25)30-17-18(15,31-27)14(10)8-6-11(2)29-17/h10-12,14-15,17,27H,5-9H2,1-4H3,(H,24,26)/t10-,11+,12-,14?,15+,17+,18-,19-/m1/s1. The summed E-state index contributed by atoms with van der Waals surface area (Å²) in [5.74, 6) is -4.28. The number of alkyl halides is 3. The van der Waals surface area contributed by atoms with Gasteiger partial charge in [0.2, 0.25) is 5.72 Å². The average molecular weight is 453 g/mol. The van der Waals surface area contributed by atoms with Gasteiger partial charge in [0.15, 0.2) is 18.5 Å². The van der Waals surface area contributed by atoms with Crippen LogP contribution in [0.1, 0.15) is 53.4 Å². The SMILES string of the molecule is CC(=O)OCC(=O)N[C@@]1(C(F)(F)F)O[C@@H]2O[C@@H](C)CCC3[C@H](C)CC[C@@H]([C@H]1C)[C@]32OO. The zero-order chi connectivity index (χ0) is 23.2. The van der Waals surface area contributed by atoms with Crippen LogP contribution in [0.4, 0.5) is 13.2 Å². The summed E-state index contributed by atoms with van der Waals surface area (Å²) in [7, 11) is 0. The molecule has 8 nitrogen and oxygen atoms in total. The van der Waals surface area contributed by atoms with Crippen molar-refractivity contribution < 1.29 is 47.1 Å². The normalized spacial score (nSPS) is 42.8. The summed E-state index contributed by atoms with van der Waals surface area (Å²) in [6.45, 7) is 5.19. The fraction of sp³-hybridized carbons (Fsp3) is 0.900. The van der Waals surface area contributed by atoms with Gasteiger partial charge in [-0.3, -0.25) is 14.8 Å². The predicted molar refractivity (Wildman–Crippen MR) is 99.2 cm³/mol. The Kier molecular flexibility index (Phi) is 6.63. The molecule has 2 saturated heterocycles. The molecule has 0 aromatic rings. The number of halogens is 3. The van der Waals surface area contributed by atoms with Crippen molar-refractivity contribution in [1.82, 2.24) is 5.32 Å². The number of carbonyl (C=O) groups is 2. The molecule has 11 heteroatoms. The number of amides is 1. The molecule has 1 amide bonds. The molecule has 0 spiro atoms. The van der Waals surface area contributed by atoms with Crippen LogP contribution >= 0.6 is 0 Å². The summed E-state index contributed by atoms with van der Waals surface area (Å²) >= 11 is 0. The third-order valence-corrected chi connectivity index (χ3v) is 7.24. The highest BCUT2D eigenvalue weighted by atomic mass is 19.4. The molecule has 3 fully saturated rings. The summed E-state index contributed by atoms with van der Waals surface area (Å²) in [5.41, 5.74) is -4.59. The highest BCUT2D eigenvalue weighted by Crippen LogP contribution is 2.60. The number of nitrogens with one attached hydrogen (secondary N) is 1. The third kappa shape index (κ3) is 3.94. The van der Waals surface area contributed by atoms with E-state index in [2.05, 4.69) is 4.74 Å². The Morgan fingerprint density at radius 2 is 1.77 bits per heavy atom. The molecular formula is C20H30F3NO7. The van der Waals surface area contributed by atoms with Crippen molar-refractivity contribution in [2.75, 3.05) is 6.61 Å². The minimum atomic E-state index is -5.02. The number of hydrogen-bond acceptors (Lipinski definition) is 7. The van der Waals surface area contributed by atoms with Crippen molar-refractivity contribution in [3.05, 3.63) is 0 Å². The highest BCUT2D eigenvalue weighted by Gasteiger charge is 2.74. The molecule has 31 heavy (non-hydrogen) atoms. The van der Waals surface area contributed by atoms with Crippen molar-refractivity contribution in [2.24, 2.45) is 23.7 Å². The molecule has 1 aliphatic carbocycles. The van der Waals surface area contributed by atoms with Gasteiger partial charge in [-0.15, -0.1) is 0 Å². The second-order valence-corrected chi connectivity index (χ2v) is 9.04. The maximum Gasteiger partial charge on any atom is 0.437 e. The maximum absolute atomic E-state index is 14.5. The Labute approximate surface area is 178 Å². The monoisotopic (exact) mass is 453 g/mol. The van der Waals surface area contributed by atoms with Gasteiger partial charge in [0, 0.05) is 18.8 Å². The maximum atomic E-state index is 14.5. The van der Waals surface area contributed by atoms with E-state index < -0.39 is 60.2 Å². The number of esters is 1. The lowest BCUT2D eigenvalue weighted by Gasteiger charge is -2.61. The second kappa shape index (κ2) is 8.49. The molecule has 2 heterocycles. The Hall–Kier alpha value is -1.43. The van der Waals surface area contributed by atoms with Crippen LogP contribution in [0.15, 0.2) is 0 Å². The lowest BCUT2D eigenvalue weighted by Crippen LogP contribution is -2.77. The van der Waals surface area contributed by atoms with Gasteiger partial charge in [0.1, 0.15) is 0 Å². The van der Waals surface area contributed by atoms with E-state index in [1.807, 2.05) is 12.2 Å². The molecule has 0 aromatic heterocycles. The quantitative estimate of drug-likeness (QED) is 0.383. The Bertz CT molecular complexity index is 705. The smallest absolute Gasteiger partial charge is 0.437 e. The minimum Gasteiger partial charge on any atom is -0.456 e. The molecular weight excluding hydrogens is 423 g/mol. The van der Waals surface area contributed by atoms with Crippen LogP contribution in [0.2, 0.25) is 0 Å². The first-order chi connectivity index (χ1) is 14.4. The topological polar surface area (TPSA) is 103 Å². The summed E-state index contributed by atoms with van der Waals surface area (Å²) < 4.78 is 59.4. The van der Waals surface area contributed by atoms with Crippen LogP contribution in [-0.4, -0.2) is 53.6 Å². The minimum absolute atomic E-state index is 0.0764. The summed E-state index contributed by atoms with van der Waals surface area (Å²) in [6.07, 6.45) is -4.87. The van der Waals surface area contributed by atoms with Crippen LogP contribution < -0.4 is 5.32 Å². The first kappa shape index (κ1) is 24.2.